The Bertz CT molecular complexity index is 649. The van der Waals surface area contributed by atoms with E-state index >= 15 is 0 Å². The van der Waals surface area contributed by atoms with Crippen molar-refractivity contribution in [2.45, 2.75) is 51.1 Å². The predicted octanol–water partition coefficient (Wildman–Crippen LogP) is 5.29. The van der Waals surface area contributed by atoms with Gasteiger partial charge in [0.25, 0.3) is 0 Å². The lowest BCUT2D eigenvalue weighted by Gasteiger charge is -2.34. The van der Waals surface area contributed by atoms with Gasteiger partial charge in [-0.2, -0.15) is 5.26 Å². The molecule has 118 valence electrons. The van der Waals surface area contributed by atoms with Crippen LogP contribution in [0.4, 0.5) is 5.69 Å². The van der Waals surface area contributed by atoms with Crippen LogP contribution in [0.25, 0.3) is 0 Å². The number of rotatable bonds is 4. The van der Waals surface area contributed by atoms with Crippen LogP contribution in [0.15, 0.2) is 54.6 Å². The maximum absolute atomic E-state index is 9.51. The Morgan fingerprint density at radius 3 is 2.22 bits per heavy atom. The highest BCUT2D eigenvalue weighted by molar-refractivity contribution is 5.60. The van der Waals surface area contributed by atoms with Crippen LogP contribution in [-0.4, -0.2) is 6.04 Å². The Hall–Kier alpha value is -2.27. The van der Waals surface area contributed by atoms with Crippen molar-refractivity contribution in [2.24, 2.45) is 0 Å². The van der Waals surface area contributed by atoms with E-state index < -0.39 is 0 Å². The Balaban J connectivity index is 1.93. The number of anilines is 1. The minimum Gasteiger partial charge on any atom is -0.363 e. The molecule has 0 spiro atoms. The number of nitrogens with zero attached hydrogens (tertiary/aromatic N) is 2. The summed E-state index contributed by atoms with van der Waals surface area (Å²) in [5.41, 5.74) is 3.18. The molecule has 1 fully saturated rings. The Morgan fingerprint density at radius 2 is 1.52 bits per heavy atom. The second-order valence-electron chi connectivity index (χ2n) is 6.39. The molecular weight excluding hydrogens is 280 g/mol. The summed E-state index contributed by atoms with van der Waals surface area (Å²) < 4.78 is 0. The molecule has 23 heavy (non-hydrogen) atoms. The van der Waals surface area contributed by atoms with E-state index in [1.54, 1.807) is 0 Å². The van der Waals surface area contributed by atoms with Gasteiger partial charge in [-0.3, -0.25) is 0 Å². The fourth-order valence-electron chi connectivity index (χ4n) is 3.58. The predicted molar refractivity (Wildman–Crippen MR) is 95.3 cm³/mol. The lowest BCUT2D eigenvalue weighted by molar-refractivity contribution is 0.522. The van der Waals surface area contributed by atoms with Gasteiger partial charge in [0.2, 0.25) is 0 Å². The molecule has 0 unspecified atom stereocenters. The van der Waals surface area contributed by atoms with Gasteiger partial charge in [-0.25, -0.2) is 0 Å². The van der Waals surface area contributed by atoms with Crippen LogP contribution >= 0.6 is 0 Å². The summed E-state index contributed by atoms with van der Waals surface area (Å²) >= 11 is 0. The topological polar surface area (TPSA) is 27.0 Å². The average Bonchev–Trinajstić information content (AvgIpc) is 2.90. The highest BCUT2D eigenvalue weighted by atomic mass is 15.2. The zero-order valence-corrected chi connectivity index (χ0v) is 13.6. The van der Waals surface area contributed by atoms with E-state index in [0.29, 0.717) is 6.04 Å². The SMILES string of the molecule is N#Cc1ccccc1N(Cc1ccccc1)C1CCCCCC1. The van der Waals surface area contributed by atoms with Crippen LogP contribution in [-0.2, 0) is 6.54 Å². The fraction of sp³-hybridized carbons (Fsp3) is 0.381. The second-order valence-corrected chi connectivity index (χ2v) is 6.39. The normalized spacial score (nSPS) is 15.6. The van der Waals surface area contributed by atoms with E-state index in [-0.39, 0.29) is 0 Å². The number of benzene rings is 2. The first-order valence-electron chi connectivity index (χ1n) is 8.68. The number of para-hydroxylation sites is 1. The van der Waals surface area contributed by atoms with Gasteiger partial charge in [-0.05, 0) is 30.5 Å². The van der Waals surface area contributed by atoms with E-state index in [4.69, 9.17) is 0 Å². The van der Waals surface area contributed by atoms with Gasteiger partial charge in [0, 0.05) is 12.6 Å². The van der Waals surface area contributed by atoms with Crippen molar-refractivity contribution in [3.05, 3.63) is 65.7 Å². The summed E-state index contributed by atoms with van der Waals surface area (Å²) in [6.45, 7) is 0.879. The molecule has 1 aliphatic carbocycles. The smallest absolute Gasteiger partial charge is 0.101 e. The Labute approximate surface area is 139 Å². The summed E-state index contributed by atoms with van der Waals surface area (Å²) in [4.78, 5) is 2.47. The second kappa shape index (κ2) is 7.83. The lowest BCUT2D eigenvalue weighted by Crippen LogP contribution is -2.35. The molecule has 0 radical (unpaired) electrons. The largest absolute Gasteiger partial charge is 0.363 e. The molecule has 0 atom stereocenters. The first-order valence-corrected chi connectivity index (χ1v) is 8.68. The first-order chi connectivity index (χ1) is 11.4. The zero-order chi connectivity index (χ0) is 15.9. The van der Waals surface area contributed by atoms with Crippen molar-refractivity contribution in [3.63, 3.8) is 0 Å². The van der Waals surface area contributed by atoms with Crippen molar-refractivity contribution < 1.29 is 0 Å². The monoisotopic (exact) mass is 304 g/mol. The summed E-state index contributed by atoms with van der Waals surface area (Å²) in [5, 5.41) is 9.51. The minimum atomic E-state index is 0.534. The molecule has 2 heteroatoms. The summed E-state index contributed by atoms with van der Waals surface area (Å²) in [5.74, 6) is 0. The van der Waals surface area contributed by atoms with Gasteiger partial charge in [0.15, 0.2) is 0 Å². The van der Waals surface area contributed by atoms with Crippen LogP contribution in [0.5, 0.6) is 0 Å². The summed E-state index contributed by atoms with van der Waals surface area (Å²) in [7, 11) is 0. The fourth-order valence-corrected chi connectivity index (χ4v) is 3.58. The molecule has 0 N–H and O–H groups in total. The van der Waals surface area contributed by atoms with Gasteiger partial charge in [-0.15, -0.1) is 0 Å². The van der Waals surface area contributed by atoms with E-state index in [9.17, 15) is 5.26 Å². The van der Waals surface area contributed by atoms with E-state index in [1.807, 2.05) is 18.2 Å². The molecule has 0 aromatic heterocycles. The van der Waals surface area contributed by atoms with Gasteiger partial charge in [0.05, 0.1) is 11.3 Å². The number of hydrogen-bond acceptors (Lipinski definition) is 2. The maximum Gasteiger partial charge on any atom is 0.101 e. The first kappa shape index (κ1) is 15.6. The van der Waals surface area contributed by atoms with Crippen LogP contribution in [0.1, 0.15) is 49.7 Å². The summed E-state index contributed by atoms with van der Waals surface area (Å²) in [6, 6.07) is 21.6. The van der Waals surface area contributed by atoms with Gasteiger partial charge in [-0.1, -0.05) is 68.1 Å². The van der Waals surface area contributed by atoms with Crippen molar-refractivity contribution in [2.75, 3.05) is 4.90 Å². The van der Waals surface area contributed by atoms with Crippen LogP contribution in [0, 0.1) is 11.3 Å². The number of hydrogen-bond donors (Lipinski definition) is 0. The highest BCUT2D eigenvalue weighted by Gasteiger charge is 2.22. The molecule has 0 amide bonds. The van der Waals surface area contributed by atoms with E-state index in [0.717, 1.165) is 17.8 Å². The molecule has 2 nitrogen and oxygen atoms in total. The average molecular weight is 304 g/mol. The van der Waals surface area contributed by atoms with Gasteiger partial charge < -0.3 is 4.90 Å². The molecule has 2 aromatic carbocycles. The lowest BCUT2D eigenvalue weighted by atomic mass is 10.0. The molecule has 0 saturated heterocycles. The minimum absolute atomic E-state index is 0.534. The Kier molecular flexibility index (Phi) is 5.32. The summed E-state index contributed by atoms with van der Waals surface area (Å²) in [6.07, 6.45) is 7.74. The standard InChI is InChI=1S/C21H24N2/c22-16-19-12-8-9-15-21(19)23(17-18-10-4-3-5-11-18)20-13-6-1-2-7-14-20/h3-5,8-12,15,20H,1-2,6-7,13-14,17H2. The van der Waals surface area contributed by atoms with Crippen LogP contribution in [0.3, 0.4) is 0 Å². The van der Waals surface area contributed by atoms with E-state index in [1.165, 1.54) is 44.1 Å². The van der Waals surface area contributed by atoms with Crippen molar-refractivity contribution in [1.29, 1.82) is 5.26 Å². The number of nitriles is 1. The third-order valence-corrected chi connectivity index (χ3v) is 4.80. The third kappa shape index (κ3) is 3.93. The van der Waals surface area contributed by atoms with Gasteiger partial charge >= 0.3 is 0 Å². The molecule has 1 aliphatic rings. The van der Waals surface area contributed by atoms with Crippen molar-refractivity contribution in [3.8, 4) is 6.07 Å². The van der Waals surface area contributed by atoms with E-state index in [2.05, 4.69) is 47.4 Å². The third-order valence-electron chi connectivity index (χ3n) is 4.80. The highest BCUT2D eigenvalue weighted by Crippen LogP contribution is 2.30. The molecule has 2 aromatic rings. The molecule has 0 bridgehead atoms. The van der Waals surface area contributed by atoms with Crippen LogP contribution in [0.2, 0.25) is 0 Å². The Morgan fingerprint density at radius 1 is 0.870 bits per heavy atom. The van der Waals surface area contributed by atoms with Gasteiger partial charge in [0.1, 0.15) is 6.07 Å². The molecule has 0 heterocycles. The van der Waals surface area contributed by atoms with Crippen molar-refractivity contribution >= 4 is 5.69 Å². The molecule has 3 rings (SSSR count). The zero-order valence-electron chi connectivity index (χ0n) is 13.6. The molecule has 1 saturated carbocycles. The maximum atomic E-state index is 9.51. The van der Waals surface area contributed by atoms with Crippen LogP contribution < -0.4 is 4.90 Å². The van der Waals surface area contributed by atoms with Crippen molar-refractivity contribution in [1.82, 2.24) is 0 Å². The quantitative estimate of drug-likeness (QED) is 0.718. The molecular formula is C21H24N2. The molecule has 0 aliphatic heterocycles.